The van der Waals surface area contributed by atoms with E-state index >= 15 is 0 Å². The molecule has 1 heterocycles. The molecule has 0 aliphatic heterocycles. The number of carbonyl (C=O) groups excluding carboxylic acids is 2. The highest BCUT2D eigenvalue weighted by Gasteiger charge is 2.45. The van der Waals surface area contributed by atoms with Crippen LogP contribution < -0.4 is 5.32 Å². The molecule has 1 amide bonds. The van der Waals surface area contributed by atoms with Crippen LogP contribution in [0, 0.1) is 12.8 Å². The average molecular weight is 351 g/mol. The van der Waals surface area contributed by atoms with Crippen molar-refractivity contribution in [2.45, 2.75) is 19.3 Å². The van der Waals surface area contributed by atoms with Gasteiger partial charge in [-0.1, -0.05) is 41.1 Å². The highest BCUT2D eigenvalue weighted by molar-refractivity contribution is 7.17. The van der Waals surface area contributed by atoms with Crippen molar-refractivity contribution < 1.29 is 14.3 Å². The number of rotatable bonds is 4. The lowest BCUT2D eigenvalue weighted by atomic mass is 10.1. The molecule has 2 unspecified atom stereocenters. The number of amides is 1. The van der Waals surface area contributed by atoms with E-state index in [4.69, 9.17) is 11.6 Å². The largest absolute Gasteiger partial charge is 0.465 e. The van der Waals surface area contributed by atoms with Crippen molar-refractivity contribution in [3.63, 3.8) is 0 Å². The van der Waals surface area contributed by atoms with E-state index in [-0.39, 0.29) is 17.7 Å². The first-order chi connectivity index (χ1) is 11.0. The molecule has 7 heteroatoms. The molecule has 0 bridgehead atoms. The minimum Gasteiger partial charge on any atom is -0.465 e. The summed E-state index contributed by atoms with van der Waals surface area (Å²) in [7, 11) is 1.32. The zero-order valence-corrected chi connectivity index (χ0v) is 14.2. The first-order valence-corrected chi connectivity index (χ1v) is 8.31. The molecule has 1 fully saturated rings. The Morgan fingerprint density at radius 3 is 2.83 bits per heavy atom. The molecule has 1 aliphatic carbocycles. The van der Waals surface area contributed by atoms with Crippen LogP contribution in [-0.2, 0) is 9.53 Å². The second-order valence-corrected chi connectivity index (χ2v) is 6.79. The number of nitrogens with zero attached hydrogens (tertiary/aromatic N) is 1. The summed E-state index contributed by atoms with van der Waals surface area (Å²) >= 11 is 7.29. The van der Waals surface area contributed by atoms with Crippen LogP contribution in [0.2, 0.25) is 5.02 Å². The first-order valence-electron chi connectivity index (χ1n) is 7.12. The number of ether oxygens (including phenoxy) is 1. The number of hydrogen-bond acceptors (Lipinski definition) is 5. The quantitative estimate of drug-likeness (QED) is 0.855. The number of hydrogen-bond donors (Lipinski definition) is 1. The highest BCUT2D eigenvalue weighted by Crippen LogP contribution is 2.50. The monoisotopic (exact) mass is 350 g/mol. The van der Waals surface area contributed by atoms with Crippen LogP contribution in [0.1, 0.15) is 33.3 Å². The fourth-order valence-electron chi connectivity index (χ4n) is 2.53. The van der Waals surface area contributed by atoms with Crippen LogP contribution >= 0.6 is 22.9 Å². The van der Waals surface area contributed by atoms with Gasteiger partial charge in [0.2, 0.25) is 5.91 Å². The molecule has 0 spiro atoms. The van der Waals surface area contributed by atoms with Crippen LogP contribution in [0.15, 0.2) is 24.3 Å². The maximum atomic E-state index is 12.3. The standard InChI is InChI=1S/C16H15ClN2O3S/c1-8-13(15(21)22-2)23-16(18-8)19-14(20)11-7-10(11)9-5-3-4-6-12(9)17/h3-6,10-11H,7H2,1-2H3,(H,18,19,20). The molecule has 23 heavy (non-hydrogen) atoms. The summed E-state index contributed by atoms with van der Waals surface area (Å²) in [5.74, 6) is -0.508. The number of halogens is 1. The maximum absolute atomic E-state index is 12.3. The number of aryl methyl sites for hydroxylation is 1. The van der Waals surface area contributed by atoms with Gasteiger partial charge in [0.1, 0.15) is 4.88 Å². The Hall–Kier alpha value is -1.92. The maximum Gasteiger partial charge on any atom is 0.350 e. The Morgan fingerprint density at radius 2 is 2.13 bits per heavy atom. The number of anilines is 1. The van der Waals surface area contributed by atoms with Crippen LogP contribution in [0.3, 0.4) is 0 Å². The molecule has 3 rings (SSSR count). The van der Waals surface area contributed by atoms with Crippen LogP contribution in [-0.4, -0.2) is 24.0 Å². The summed E-state index contributed by atoms with van der Waals surface area (Å²) < 4.78 is 4.69. The van der Waals surface area contributed by atoms with Gasteiger partial charge in [-0.25, -0.2) is 9.78 Å². The molecule has 2 aromatic rings. The molecule has 0 saturated heterocycles. The number of aromatic nitrogens is 1. The molecule has 1 aliphatic rings. The van der Waals surface area contributed by atoms with Crippen molar-refractivity contribution >= 4 is 39.9 Å². The molecule has 5 nitrogen and oxygen atoms in total. The SMILES string of the molecule is COC(=O)c1sc(NC(=O)C2CC2c2ccccc2Cl)nc1C. The summed E-state index contributed by atoms with van der Waals surface area (Å²) in [6.45, 7) is 1.71. The number of benzene rings is 1. The Bertz CT molecular complexity index is 774. The number of esters is 1. The third-order valence-corrected chi connectivity index (χ3v) is 5.23. The third kappa shape index (κ3) is 3.23. The molecule has 1 aromatic heterocycles. The normalized spacial score (nSPS) is 19.3. The molecule has 120 valence electrons. The van der Waals surface area contributed by atoms with Crippen molar-refractivity contribution in [2.24, 2.45) is 5.92 Å². The Kier molecular flexibility index (Phi) is 4.37. The topological polar surface area (TPSA) is 68.3 Å². The number of methoxy groups -OCH3 is 1. The van der Waals surface area contributed by atoms with E-state index in [2.05, 4.69) is 15.0 Å². The lowest BCUT2D eigenvalue weighted by Crippen LogP contribution is -2.14. The zero-order chi connectivity index (χ0) is 16.6. The predicted molar refractivity (Wildman–Crippen MR) is 89.1 cm³/mol. The number of carbonyl (C=O) groups is 2. The third-order valence-electron chi connectivity index (χ3n) is 3.83. The van der Waals surface area contributed by atoms with Crippen molar-refractivity contribution in [3.8, 4) is 0 Å². The van der Waals surface area contributed by atoms with Crippen LogP contribution in [0.25, 0.3) is 0 Å². The van der Waals surface area contributed by atoms with E-state index < -0.39 is 5.97 Å². The average Bonchev–Trinajstić information content (AvgIpc) is 3.24. The van der Waals surface area contributed by atoms with Gasteiger partial charge < -0.3 is 10.1 Å². The first kappa shape index (κ1) is 16.0. The summed E-state index contributed by atoms with van der Waals surface area (Å²) in [6, 6.07) is 7.57. The van der Waals surface area contributed by atoms with Gasteiger partial charge in [0.25, 0.3) is 0 Å². The van der Waals surface area contributed by atoms with Crippen molar-refractivity contribution in [1.82, 2.24) is 4.98 Å². The molecular formula is C16H15ClN2O3S. The molecule has 1 aromatic carbocycles. The Morgan fingerprint density at radius 1 is 1.39 bits per heavy atom. The van der Waals surface area contributed by atoms with Gasteiger partial charge in [0.15, 0.2) is 5.13 Å². The minimum atomic E-state index is -0.444. The minimum absolute atomic E-state index is 0.0971. The van der Waals surface area contributed by atoms with Gasteiger partial charge in [-0.05, 0) is 30.9 Å². The van der Waals surface area contributed by atoms with Crippen LogP contribution in [0.5, 0.6) is 0 Å². The molecule has 1 N–H and O–H groups in total. The zero-order valence-electron chi connectivity index (χ0n) is 12.6. The molecule has 1 saturated carbocycles. The Labute approximate surface area is 142 Å². The van der Waals surface area contributed by atoms with Gasteiger partial charge in [-0.2, -0.15) is 0 Å². The van der Waals surface area contributed by atoms with E-state index in [9.17, 15) is 9.59 Å². The number of thiazole rings is 1. The summed E-state index contributed by atoms with van der Waals surface area (Å²) in [6.07, 6.45) is 0.768. The summed E-state index contributed by atoms with van der Waals surface area (Å²) in [5.41, 5.74) is 1.55. The van der Waals surface area contributed by atoms with Gasteiger partial charge in [-0.3, -0.25) is 4.79 Å². The Balaban J connectivity index is 1.67. The lowest BCUT2D eigenvalue weighted by molar-refractivity contribution is -0.117. The lowest BCUT2D eigenvalue weighted by Gasteiger charge is -2.03. The van der Waals surface area contributed by atoms with Gasteiger partial charge >= 0.3 is 5.97 Å². The fraction of sp³-hybridized carbons (Fsp3) is 0.312. The van der Waals surface area contributed by atoms with Gasteiger partial charge in [0.05, 0.1) is 12.8 Å². The summed E-state index contributed by atoms with van der Waals surface area (Å²) in [4.78, 5) is 28.5. The molecule has 0 radical (unpaired) electrons. The van der Waals surface area contributed by atoms with Crippen molar-refractivity contribution in [3.05, 3.63) is 45.4 Å². The van der Waals surface area contributed by atoms with E-state index in [1.165, 1.54) is 7.11 Å². The predicted octanol–water partition coefficient (Wildman–Crippen LogP) is 3.63. The van der Waals surface area contributed by atoms with Crippen molar-refractivity contribution in [1.29, 1.82) is 0 Å². The van der Waals surface area contributed by atoms with Gasteiger partial charge in [-0.15, -0.1) is 0 Å². The van der Waals surface area contributed by atoms with Crippen LogP contribution in [0.4, 0.5) is 5.13 Å². The van der Waals surface area contributed by atoms with E-state index in [1.807, 2.05) is 24.3 Å². The molecule has 2 atom stereocenters. The summed E-state index contributed by atoms with van der Waals surface area (Å²) in [5, 5.41) is 3.88. The van der Waals surface area contributed by atoms with E-state index in [1.54, 1.807) is 6.92 Å². The second-order valence-electron chi connectivity index (χ2n) is 5.38. The van der Waals surface area contributed by atoms with E-state index in [0.29, 0.717) is 20.7 Å². The smallest absolute Gasteiger partial charge is 0.350 e. The van der Waals surface area contributed by atoms with Crippen molar-refractivity contribution in [2.75, 3.05) is 12.4 Å². The molecular weight excluding hydrogens is 336 g/mol. The van der Waals surface area contributed by atoms with Gasteiger partial charge in [0, 0.05) is 10.9 Å². The van der Waals surface area contributed by atoms with E-state index in [0.717, 1.165) is 23.3 Å². The highest BCUT2D eigenvalue weighted by atomic mass is 35.5. The second kappa shape index (κ2) is 6.29. The fourth-order valence-corrected chi connectivity index (χ4v) is 3.70. The number of nitrogens with one attached hydrogen (secondary N) is 1.